The van der Waals surface area contributed by atoms with E-state index in [0.29, 0.717) is 21.5 Å². The summed E-state index contributed by atoms with van der Waals surface area (Å²) in [4.78, 5) is 12.7. The van der Waals surface area contributed by atoms with Gasteiger partial charge in [0.1, 0.15) is 14.5 Å². The van der Waals surface area contributed by atoms with E-state index in [4.69, 9.17) is 33.9 Å². The predicted octanol–water partition coefficient (Wildman–Crippen LogP) is 5.64. The minimum Gasteiger partial charge on any atom is -0.355 e. The number of hydrogen-bond donors (Lipinski definition) is 1. The van der Waals surface area contributed by atoms with Crippen molar-refractivity contribution in [2.75, 3.05) is 18.0 Å². The van der Waals surface area contributed by atoms with Crippen LogP contribution >= 0.6 is 57.6 Å². The highest BCUT2D eigenvalue weighted by Gasteiger charge is 2.43. The number of aromatic nitrogens is 2. The topological polar surface area (TPSA) is 55.0 Å². The van der Waals surface area contributed by atoms with Crippen molar-refractivity contribution >= 4 is 63.4 Å². The number of piperidine rings is 1. The normalized spacial score (nSPS) is 21.8. The molecular weight excluding hydrogens is 514 g/mol. The molecule has 0 radical (unpaired) electrons. The standard InChI is InChI=1S/C19H21Cl2IN4S/c20-12-3-1-4-13(16(12)21)27-18-17(22)25-15(11-24-18)26-9-7-19(8-10-26)6-2-5-14(19)23/h1,3-4,11,14H,2,5-10,23H2/t14-/m1/s1. The molecule has 4 rings (SSSR count). The van der Waals surface area contributed by atoms with E-state index in [1.165, 1.54) is 31.0 Å². The molecule has 2 N–H and O–H groups in total. The van der Waals surface area contributed by atoms with Crippen molar-refractivity contribution < 1.29 is 0 Å². The molecule has 1 saturated heterocycles. The fourth-order valence-electron chi connectivity index (χ4n) is 4.20. The first kappa shape index (κ1) is 20.0. The molecule has 1 aliphatic heterocycles. The maximum absolute atomic E-state index is 6.40. The average Bonchev–Trinajstić information content (AvgIpc) is 3.01. The number of nitrogens with zero attached hydrogens (tertiary/aromatic N) is 3. The van der Waals surface area contributed by atoms with Gasteiger partial charge in [-0.2, -0.15) is 0 Å². The fourth-order valence-corrected chi connectivity index (χ4v) is 6.18. The maximum Gasteiger partial charge on any atom is 0.148 e. The Morgan fingerprint density at radius 3 is 2.67 bits per heavy atom. The van der Waals surface area contributed by atoms with Gasteiger partial charge in [-0.25, -0.2) is 9.97 Å². The maximum atomic E-state index is 6.40. The van der Waals surface area contributed by atoms with Crippen LogP contribution in [0.4, 0.5) is 5.82 Å². The third-order valence-corrected chi connectivity index (χ3v) is 8.97. The van der Waals surface area contributed by atoms with Crippen LogP contribution in [0.3, 0.4) is 0 Å². The van der Waals surface area contributed by atoms with Crippen molar-refractivity contribution in [2.45, 2.75) is 48.1 Å². The largest absolute Gasteiger partial charge is 0.355 e. The van der Waals surface area contributed by atoms with E-state index in [2.05, 4.69) is 32.5 Å². The van der Waals surface area contributed by atoms with Crippen LogP contribution in [-0.4, -0.2) is 29.1 Å². The molecule has 2 aliphatic rings. The Bertz CT molecular complexity index is 842. The molecule has 1 saturated carbocycles. The number of nitrogens with two attached hydrogens (primary N) is 1. The van der Waals surface area contributed by atoms with E-state index >= 15 is 0 Å². The summed E-state index contributed by atoms with van der Waals surface area (Å²) in [5.74, 6) is 0.947. The Morgan fingerprint density at radius 2 is 2.00 bits per heavy atom. The Kier molecular flexibility index (Phi) is 6.09. The second-order valence-corrected chi connectivity index (χ2v) is 10.2. The van der Waals surface area contributed by atoms with Crippen LogP contribution in [0.5, 0.6) is 0 Å². The SMILES string of the molecule is N[C@@H]1CCCC12CCN(c1cnc(Sc3cccc(Cl)c3Cl)c(I)n1)CC2. The Hall–Kier alpha value is -0.280. The first-order chi connectivity index (χ1) is 13.0. The highest BCUT2D eigenvalue weighted by molar-refractivity contribution is 14.1. The Labute approximate surface area is 187 Å². The van der Waals surface area contributed by atoms with E-state index < -0.39 is 0 Å². The molecule has 1 aromatic heterocycles. The zero-order chi connectivity index (χ0) is 19.0. The van der Waals surface area contributed by atoms with Gasteiger partial charge in [-0.3, -0.25) is 0 Å². The van der Waals surface area contributed by atoms with Crippen LogP contribution in [-0.2, 0) is 0 Å². The summed E-state index contributed by atoms with van der Waals surface area (Å²) >= 11 is 16.1. The molecular formula is C19H21Cl2IN4S. The molecule has 0 unspecified atom stereocenters. The van der Waals surface area contributed by atoms with Crippen LogP contribution in [0.2, 0.25) is 10.0 Å². The van der Waals surface area contributed by atoms with Crippen LogP contribution < -0.4 is 10.6 Å². The van der Waals surface area contributed by atoms with E-state index in [-0.39, 0.29) is 0 Å². The van der Waals surface area contributed by atoms with Gasteiger partial charge < -0.3 is 10.6 Å². The van der Waals surface area contributed by atoms with Crippen molar-refractivity contribution in [1.29, 1.82) is 0 Å². The molecule has 1 spiro atoms. The van der Waals surface area contributed by atoms with Gasteiger partial charge in [-0.15, -0.1) is 0 Å². The molecule has 8 heteroatoms. The second-order valence-electron chi connectivity index (χ2n) is 7.33. The van der Waals surface area contributed by atoms with Crippen molar-refractivity contribution in [1.82, 2.24) is 9.97 Å². The summed E-state index contributed by atoms with van der Waals surface area (Å²) in [7, 11) is 0. The van der Waals surface area contributed by atoms with Crippen LogP contribution in [0, 0.1) is 9.12 Å². The summed E-state index contributed by atoms with van der Waals surface area (Å²) in [5, 5.41) is 1.95. The van der Waals surface area contributed by atoms with E-state index in [0.717, 1.165) is 45.4 Å². The quantitative estimate of drug-likeness (QED) is 0.516. The highest BCUT2D eigenvalue weighted by Crippen LogP contribution is 2.46. The third-order valence-electron chi connectivity index (χ3n) is 5.87. The lowest BCUT2D eigenvalue weighted by Gasteiger charge is -2.42. The smallest absolute Gasteiger partial charge is 0.148 e. The average molecular weight is 535 g/mol. The summed E-state index contributed by atoms with van der Waals surface area (Å²) in [6.07, 6.45) is 7.91. The van der Waals surface area contributed by atoms with Gasteiger partial charge in [-0.05, 0) is 65.8 Å². The number of anilines is 1. The fraction of sp³-hybridized carbons (Fsp3) is 0.474. The Balaban J connectivity index is 1.47. The lowest BCUT2D eigenvalue weighted by atomic mass is 9.74. The van der Waals surface area contributed by atoms with E-state index in [1.54, 1.807) is 6.07 Å². The second kappa shape index (κ2) is 8.22. The molecule has 2 heterocycles. The van der Waals surface area contributed by atoms with Crippen molar-refractivity contribution in [2.24, 2.45) is 11.1 Å². The summed E-state index contributed by atoms with van der Waals surface area (Å²) in [5.41, 5.74) is 6.76. The van der Waals surface area contributed by atoms with Crippen molar-refractivity contribution in [3.05, 3.63) is 38.1 Å². The van der Waals surface area contributed by atoms with Gasteiger partial charge >= 0.3 is 0 Å². The third kappa shape index (κ3) is 4.06. The van der Waals surface area contributed by atoms with Crippen LogP contribution in [0.25, 0.3) is 0 Å². The molecule has 1 atom stereocenters. The van der Waals surface area contributed by atoms with Gasteiger partial charge in [0.05, 0.1) is 16.2 Å². The first-order valence-electron chi connectivity index (χ1n) is 9.13. The lowest BCUT2D eigenvalue weighted by molar-refractivity contribution is 0.197. The number of benzene rings is 1. The lowest BCUT2D eigenvalue weighted by Crippen LogP contribution is -2.47. The molecule has 0 amide bonds. The molecule has 1 aliphatic carbocycles. The predicted molar refractivity (Wildman–Crippen MR) is 121 cm³/mol. The number of halogens is 3. The minimum absolute atomic E-state index is 0.357. The van der Waals surface area contributed by atoms with Gasteiger partial charge in [0.25, 0.3) is 0 Å². The molecule has 0 bridgehead atoms. The minimum atomic E-state index is 0.357. The molecule has 144 valence electrons. The van der Waals surface area contributed by atoms with E-state index in [9.17, 15) is 0 Å². The monoisotopic (exact) mass is 534 g/mol. The summed E-state index contributed by atoms with van der Waals surface area (Å²) in [6.45, 7) is 2.01. The number of hydrogen-bond acceptors (Lipinski definition) is 5. The summed E-state index contributed by atoms with van der Waals surface area (Å²) < 4.78 is 0.879. The van der Waals surface area contributed by atoms with Gasteiger partial charge in [0, 0.05) is 24.0 Å². The summed E-state index contributed by atoms with van der Waals surface area (Å²) in [6, 6.07) is 5.99. The van der Waals surface area contributed by atoms with Gasteiger partial charge in [-0.1, -0.05) is 47.5 Å². The molecule has 1 aromatic carbocycles. The van der Waals surface area contributed by atoms with E-state index in [1.807, 2.05) is 18.3 Å². The van der Waals surface area contributed by atoms with Crippen LogP contribution in [0.15, 0.2) is 34.3 Å². The highest BCUT2D eigenvalue weighted by atomic mass is 127. The van der Waals surface area contributed by atoms with Gasteiger partial charge in [0.15, 0.2) is 0 Å². The van der Waals surface area contributed by atoms with Crippen molar-refractivity contribution in [3.63, 3.8) is 0 Å². The van der Waals surface area contributed by atoms with Crippen LogP contribution in [0.1, 0.15) is 32.1 Å². The molecule has 4 nitrogen and oxygen atoms in total. The zero-order valence-corrected chi connectivity index (χ0v) is 19.3. The Morgan fingerprint density at radius 1 is 1.22 bits per heavy atom. The number of rotatable bonds is 3. The zero-order valence-electron chi connectivity index (χ0n) is 14.8. The molecule has 2 fully saturated rings. The van der Waals surface area contributed by atoms with Crippen molar-refractivity contribution in [3.8, 4) is 0 Å². The molecule has 27 heavy (non-hydrogen) atoms. The van der Waals surface area contributed by atoms with Gasteiger partial charge in [0.2, 0.25) is 0 Å². The molecule has 2 aromatic rings. The first-order valence-corrected chi connectivity index (χ1v) is 11.8.